The molecule has 0 aliphatic carbocycles. The summed E-state index contributed by atoms with van der Waals surface area (Å²) >= 11 is 0. The smallest absolute Gasteiger partial charge is 0.407 e. The largest absolute Gasteiger partial charge is 0.444 e. The molecule has 1 aromatic heterocycles. The number of hydrogen-bond donors (Lipinski definition) is 2. The van der Waals surface area contributed by atoms with Gasteiger partial charge in [0.15, 0.2) is 5.96 Å². The normalized spacial score (nSPS) is 13.5. The molecule has 1 atom stereocenters. The minimum Gasteiger partial charge on any atom is -0.444 e. The first-order valence-electron chi connectivity index (χ1n) is 10.8. The van der Waals surface area contributed by atoms with Crippen LogP contribution >= 0.6 is 0 Å². The van der Waals surface area contributed by atoms with Crippen molar-refractivity contribution >= 4 is 12.1 Å². The van der Waals surface area contributed by atoms with Gasteiger partial charge >= 0.3 is 6.09 Å². The van der Waals surface area contributed by atoms with E-state index in [0.717, 1.165) is 31.3 Å². The number of carbonyl (C=O) groups excluding carboxylic acids is 1. The Balaban J connectivity index is 2.60. The summed E-state index contributed by atoms with van der Waals surface area (Å²) in [6, 6.07) is 0.0188. The van der Waals surface area contributed by atoms with Gasteiger partial charge < -0.3 is 24.8 Å². The molecular formula is C22H42N6O2. The predicted octanol–water partition coefficient (Wildman–Crippen LogP) is 3.49. The van der Waals surface area contributed by atoms with E-state index < -0.39 is 5.60 Å². The van der Waals surface area contributed by atoms with Gasteiger partial charge in [0.1, 0.15) is 11.4 Å². The Hall–Kier alpha value is -2.25. The highest BCUT2D eigenvalue weighted by molar-refractivity contribution is 5.79. The summed E-state index contributed by atoms with van der Waals surface area (Å²) in [5.41, 5.74) is -0.504. The predicted molar refractivity (Wildman–Crippen MR) is 123 cm³/mol. The van der Waals surface area contributed by atoms with Crippen LogP contribution in [0.5, 0.6) is 0 Å². The van der Waals surface area contributed by atoms with E-state index >= 15 is 0 Å². The molecule has 8 heteroatoms. The molecule has 1 amide bonds. The van der Waals surface area contributed by atoms with Crippen LogP contribution in [0.3, 0.4) is 0 Å². The highest BCUT2D eigenvalue weighted by Crippen LogP contribution is 2.11. The lowest BCUT2D eigenvalue weighted by molar-refractivity contribution is 0.0486. The number of nitrogens with zero attached hydrogens (tertiary/aromatic N) is 4. The summed E-state index contributed by atoms with van der Waals surface area (Å²) in [7, 11) is 3.78. The minimum absolute atomic E-state index is 0.0188. The molecule has 2 N–H and O–H groups in total. The molecule has 1 unspecified atom stereocenters. The Morgan fingerprint density at radius 2 is 1.97 bits per heavy atom. The van der Waals surface area contributed by atoms with Crippen molar-refractivity contribution in [1.82, 2.24) is 25.1 Å². The first-order valence-corrected chi connectivity index (χ1v) is 10.8. The molecule has 0 radical (unpaired) electrons. The number of hydrogen-bond acceptors (Lipinski definition) is 4. The Morgan fingerprint density at radius 1 is 1.30 bits per heavy atom. The quantitative estimate of drug-likeness (QED) is 0.470. The second-order valence-corrected chi connectivity index (χ2v) is 9.50. The fourth-order valence-corrected chi connectivity index (χ4v) is 3.08. The van der Waals surface area contributed by atoms with Crippen LogP contribution in [0.2, 0.25) is 0 Å². The summed E-state index contributed by atoms with van der Waals surface area (Å²) in [6.07, 6.45) is 4.26. The molecule has 0 spiro atoms. The second-order valence-electron chi connectivity index (χ2n) is 9.50. The Bertz CT molecular complexity index is 675. The third-order valence-electron chi connectivity index (χ3n) is 4.62. The van der Waals surface area contributed by atoms with Gasteiger partial charge in [0.05, 0.1) is 6.54 Å². The van der Waals surface area contributed by atoms with E-state index in [0.29, 0.717) is 18.4 Å². The number of nitrogens with one attached hydrogen (secondary N) is 2. The van der Waals surface area contributed by atoms with E-state index in [9.17, 15) is 4.79 Å². The van der Waals surface area contributed by atoms with Crippen LogP contribution in [0.1, 0.15) is 60.7 Å². The number of aromatic nitrogens is 2. The second kappa shape index (κ2) is 11.8. The van der Waals surface area contributed by atoms with Crippen molar-refractivity contribution in [3.05, 3.63) is 18.2 Å². The molecule has 0 aliphatic rings. The fraction of sp³-hybridized carbons (Fsp3) is 0.773. The van der Waals surface area contributed by atoms with Crippen molar-refractivity contribution in [2.75, 3.05) is 20.6 Å². The van der Waals surface area contributed by atoms with Crippen LogP contribution in [0.15, 0.2) is 17.4 Å². The van der Waals surface area contributed by atoms with Gasteiger partial charge in [-0.1, -0.05) is 27.7 Å². The molecule has 0 saturated heterocycles. The number of ether oxygens (including phenoxy) is 1. The SMILES string of the molecule is CN=C(NCc1nccn1CC(C)C)N(C)CCC(NC(=O)OC(C)(C)C)C(C)C. The summed E-state index contributed by atoms with van der Waals surface area (Å²) in [5.74, 6) is 2.65. The van der Waals surface area contributed by atoms with Gasteiger partial charge in [-0.05, 0) is 39.0 Å². The average Bonchev–Trinajstić information content (AvgIpc) is 3.03. The molecule has 1 heterocycles. The molecule has 0 aliphatic heterocycles. The number of amides is 1. The molecule has 30 heavy (non-hydrogen) atoms. The fourth-order valence-electron chi connectivity index (χ4n) is 3.08. The molecule has 0 saturated carbocycles. The molecule has 8 nitrogen and oxygen atoms in total. The highest BCUT2D eigenvalue weighted by Gasteiger charge is 2.22. The summed E-state index contributed by atoms with van der Waals surface area (Å²) in [6.45, 7) is 16.5. The lowest BCUT2D eigenvalue weighted by atomic mass is 10.0. The van der Waals surface area contributed by atoms with Gasteiger partial charge in [0.25, 0.3) is 0 Å². The van der Waals surface area contributed by atoms with Crippen molar-refractivity contribution in [1.29, 1.82) is 0 Å². The standard InChI is InChI=1S/C22H42N6O2/c1-16(2)15-28-13-11-24-19(28)14-25-20(23-8)27(9)12-10-18(17(3)4)26-21(29)30-22(5,6)7/h11,13,16-18H,10,12,14-15H2,1-9H3,(H,23,25)(H,26,29). The molecule has 0 bridgehead atoms. The molecule has 0 fully saturated rings. The van der Waals surface area contributed by atoms with Crippen molar-refractivity contribution in [2.45, 2.75) is 79.6 Å². The van der Waals surface area contributed by atoms with Gasteiger partial charge in [-0.2, -0.15) is 0 Å². The number of guanidine groups is 1. The third-order valence-corrected chi connectivity index (χ3v) is 4.62. The number of carbonyl (C=O) groups is 1. The van der Waals surface area contributed by atoms with Crippen molar-refractivity contribution in [3.63, 3.8) is 0 Å². The first-order chi connectivity index (χ1) is 13.9. The van der Waals surface area contributed by atoms with E-state index in [1.165, 1.54) is 0 Å². The zero-order valence-corrected chi connectivity index (χ0v) is 20.3. The molecule has 1 rings (SSSR count). The summed E-state index contributed by atoms with van der Waals surface area (Å²) < 4.78 is 7.57. The molecule has 172 valence electrons. The van der Waals surface area contributed by atoms with Gasteiger partial charge in [0.2, 0.25) is 0 Å². The maximum atomic E-state index is 12.2. The average molecular weight is 423 g/mol. The van der Waals surface area contributed by atoms with Gasteiger partial charge in [-0.3, -0.25) is 4.99 Å². The summed E-state index contributed by atoms with van der Waals surface area (Å²) in [4.78, 5) is 23.1. The van der Waals surface area contributed by atoms with Crippen LogP contribution in [-0.2, 0) is 17.8 Å². The molecular weight excluding hydrogens is 380 g/mol. The van der Waals surface area contributed by atoms with E-state index in [1.54, 1.807) is 7.05 Å². The third kappa shape index (κ3) is 9.50. The lowest BCUT2D eigenvalue weighted by Gasteiger charge is -2.28. The van der Waals surface area contributed by atoms with Crippen LogP contribution < -0.4 is 10.6 Å². The zero-order chi connectivity index (χ0) is 22.9. The van der Waals surface area contributed by atoms with Gasteiger partial charge in [0, 0.05) is 45.6 Å². The van der Waals surface area contributed by atoms with E-state index in [2.05, 4.69) is 57.8 Å². The van der Waals surface area contributed by atoms with Crippen molar-refractivity contribution in [3.8, 4) is 0 Å². The number of imidazole rings is 1. The van der Waals surface area contributed by atoms with Crippen molar-refractivity contribution in [2.24, 2.45) is 16.8 Å². The highest BCUT2D eigenvalue weighted by atomic mass is 16.6. The van der Waals surface area contributed by atoms with E-state index in [1.807, 2.05) is 40.2 Å². The van der Waals surface area contributed by atoms with E-state index in [-0.39, 0.29) is 12.1 Å². The maximum absolute atomic E-state index is 12.2. The monoisotopic (exact) mass is 422 g/mol. The number of rotatable bonds is 9. The van der Waals surface area contributed by atoms with E-state index in [4.69, 9.17) is 4.74 Å². The maximum Gasteiger partial charge on any atom is 0.407 e. The number of aliphatic imine (C=N–C) groups is 1. The van der Waals surface area contributed by atoms with Crippen LogP contribution in [-0.4, -0.2) is 58.8 Å². The Labute approximate surface area is 182 Å². The lowest BCUT2D eigenvalue weighted by Crippen LogP contribution is -2.45. The van der Waals surface area contributed by atoms with Crippen LogP contribution in [0, 0.1) is 11.8 Å². The van der Waals surface area contributed by atoms with Gasteiger partial charge in [-0.25, -0.2) is 9.78 Å². The van der Waals surface area contributed by atoms with Crippen LogP contribution in [0.25, 0.3) is 0 Å². The molecule has 1 aromatic rings. The van der Waals surface area contributed by atoms with Crippen LogP contribution in [0.4, 0.5) is 4.79 Å². The van der Waals surface area contributed by atoms with Gasteiger partial charge in [-0.15, -0.1) is 0 Å². The Morgan fingerprint density at radius 3 is 2.50 bits per heavy atom. The topological polar surface area (TPSA) is 83.8 Å². The summed E-state index contributed by atoms with van der Waals surface area (Å²) in [5, 5.41) is 6.39. The van der Waals surface area contributed by atoms with Crippen molar-refractivity contribution < 1.29 is 9.53 Å². The Kier molecular flexibility index (Phi) is 10.2. The minimum atomic E-state index is -0.504. The zero-order valence-electron chi connectivity index (χ0n) is 20.3. The molecule has 0 aromatic carbocycles. The first kappa shape index (κ1) is 25.8. The number of alkyl carbamates (subject to hydrolysis) is 1.